The molecule has 3 aromatic carbocycles. The van der Waals surface area contributed by atoms with E-state index in [0.29, 0.717) is 5.56 Å². The van der Waals surface area contributed by atoms with E-state index in [1.165, 1.54) is 13.8 Å². The van der Waals surface area contributed by atoms with Gasteiger partial charge < -0.3 is 15.2 Å². The lowest BCUT2D eigenvalue weighted by molar-refractivity contribution is -0.143. The first-order valence-electron chi connectivity index (χ1n) is 9.21. The smallest absolute Gasteiger partial charge is 0.328 e. The zero-order chi connectivity index (χ0) is 21.0. The van der Waals surface area contributed by atoms with Crippen LogP contribution in [0.1, 0.15) is 35.3 Å². The fourth-order valence-electron chi connectivity index (χ4n) is 2.97. The van der Waals surface area contributed by atoms with Crippen LogP contribution in [0.25, 0.3) is 22.9 Å². The van der Waals surface area contributed by atoms with Gasteiger partial charge in [-0.05, 0) is 53.9 Å². The van der Waals surface area contributed by atoms with Crippen molar-refractivity contribution in [2.75, 3.05) is 7.11 Å². The molecule has 0 aliphatic carbocycles. The number of carbonyl (C=O) groups excluding carboxylic acids is 1. The molecule has 0 aromatic heterocycles. The summed E-state index contributed by atoms with van der Waals surface area (Å²) in [7, 11) is 1.62. The molecular formula is C24H23NO4. The number of amides is 1. The Morgan fingerprint density at radius 2 is 1.66 bits per heavy atom. The minimum Gasteiger partial charge on any atom is -0.497 e. The maximum Gasteiger partial charge on any atom is 0.328 e. The number of methoxy groups -OCH3 is 1. The van der Waals surface area contributed by atoms with Crippen LogP contribution in [-0.2, 0) is 4.79 Å². The van der Waals surface area contributed by atoms with Crippen molar-refractivity contribution in [3.05, 3.63) is 77.4 Å². The van der Waals surface area contributed by atoms with Crippen molar-refractivity contribution in [1.29, 1.82) is 0 Å². The van der Waals surface area contributed by atoms with Crippen LogP contribution < -0.4 is 10.1 Å². The van der Waals surface area contributed by atoms with Crippen molar-refractivity contribution in [3.8, 4) is 5.75 Å². The molecule has 5 heteroatoms. The third-order valence-corrected chi connectivity index (χ3v) is 4.73. The summed E-state index contributed by atoms with van der Waals surface area (Å²) in [4.78, 5) is 24.3. The summed E-state index contributed by atoms with van der Waals surface area (Å²) >= 11 is 0. The van der Waals surface area contributed by atoms with Crippen molar-refractivity contribution >= 4 is 34.8 Å². The average Bonchev–Trinajstić information content (AvgIpc) is 2.71. The molecule has 0 unspecified atom stereocenters. The number of hydrogen-bond donors (Lipinski definition) is 2. The molecule has 0 saturated carbocycles. The van der Waals surface area contributed by atoms with E-state index in [9.17, 15) is 14.7 Å². The number of benzene rings is 3. The van der Waals surface area contributed by atoms with Crippen molar-refractivity contribution in [2.24, 2.45) is 0 Å². The van der Waals surface area contributed by atoms with Gasteiger partial charge in [0.1, 0.15) is 11.3 Å². The second kappa shape index (κ2) is 8.19. The van der Waals surface area contributed by atoms with Crippen molar-refractivity contribution in [2.45, 2.75) is 19.4 Å². The van der Waals surface area contributed by atoms with E-state index < -0.39 is 17.4 Å². The Morgan fingerprint density at radius 1 is 0.966 bits per heavy atom. The van der Waals surface area contributed by atoms with E-state index in [4.69, 9.17) is 4.74 Å². The second-order valence-corrected chi connectivity index (χ2v) is 7.24. The predicted molar refractivity (Wildman–Crippen MR) is 115 cm³/mol. The lowest BCUT2D eigenvalue weighted by Gasteiger charge is -2.22. The van der Waals surface area contributed by atoms with Crippen LogP contribution in [-0.4, -0.2) is 29.6 Å². The van der Waals surface area contributed by atoms with Gasteiger partial charge >= 0.3 is 5.97 Å². The molecular weight excluding hydrogens is 366 g/mol. The number of carbonyl (C=O) groups is 2. The Labute approximate surface area is 169 Å². The first-order valence-corrected chi connectivity index (χ1v) is 9.21. The van der Waals surface area contributed by atoms with Crippen LogP contribution in [0.5, 0.6) is 5.75 Å². The van der Waals surface area contributed by atoms with Crippen molar-refractivity contribution in [3.63, 3.8) is 0 Å². The molecule has 0 radical (unpaired) electrons. The van der Waals surface area contributed by atoms with Crippen LogP contribution in [0.3, 0.4) is 0 Å². The third kappa shape index (κ3) is 4.46. The van der Waals surface area contributed by atoms with Gasteiger partial charge in [-0.3, -0.25) is 4.79 Å². The molecule has 3 aromatic rings. The van der Waals surface area contributed by atoms with E-state index in [1.807, 2.05) is 66.7 Å². The van der Waals surface area contributed by atoms with Gasteiger partial charge in [0.2, 0.25) is 0 Å². The highest BCUT2D eigenvalue weighted by atomic mass is 16.5. The lowest BCUT2D eigenvalue weighted by atomic mass is 9.96. The van der Waals surface area contributed by atoms with Gasteiger partial charge in [-0.25, -0.2) is 4.79 Å². The Hall–Kier alpha value is -3.60. The second-order valence-electron chi connectivity index (χ2n) is 7.24. The normalized spacial score (nSPS) is 11.6. The summed E-state index contributed by atoms with van der Waals surface area (Å²) < 4.78 is 5.18. The van der Waals surface area contributed by atoms with Crippen molar-refractivity contribution in [1.82, 2.24) is 5.32 Å². The Morgan fingerprint density at radius 3 is 2.31 bits per heavy atom. The molecule has 0 aliphatic rings. The van der Waals surface area contributed by atoms with E-state index in [2.05, 4.69) is 5.32 Å². The lowest BCUT2D eigenvalue weighted by Crippen LogP contribution is -2.49. The fourth-order valence-corrected chi connectivity index (χ4v) is 2.97. The summed E-state index contributed by atoms with van der Waals surface area (Å²) in [6, 6.07) is 18.9. The number of aliphatic carboxylic acids is 1. The molecule has 2 N–H and O–H groups in total. The minimum atomic E-state index is -1.38. The van der Waals surface area contributed by atoms with Gasteiger partial charge in [0.25, 0.3) is 5.91 Å². The maximum absolute atomic E-state index is 12.9. The van der Waals surface area contributed by atoms with Crippen LogP contribution in [0, 0.1) is 0 Å². The van der Waals surface area contributed by atoms with Crippen LogP contribution in [0.4, 0.5) is 0 Å². The largest absolute Gasteiger partial charge is 0.497 e. The molecule has 0 bridgehead atoms. The molecule has 0 fully saturated rings. The first-order chi connectivity index (χ1) is 13.8. The zero-order valence-corrected chi connectivity index (χ0v) is 16.6. The van der Waals surface area contributed by atoms with E-state index in [0.717, 1.165) is 27.6 Å². The molecule has 3 rings (SSSR count). The summed E-state index contributed by atoms with van der Waals surface area (Å²) in [5, 5.41) is 13.8. The fraction of sp³-hybridized carbons (Fsp3) is 0.167. The number of hydrogen-bond acceptors (Lipinski definition) is 3. The third-order valence-electron chi connectivity index (χ3n) is 4.73. The molecule has 29 heavy (non-hydrogen) atoms. The summed E-state index contributed by atoms with van der Waals surface area (Å²) in [5.41, 5.74) is 0.732. The highest BCUT2D eigenvalue weighted by molar-refractivity contribution is 6.07. The van der Waals surface area contributed by atoms with Gasteiger partial charge in [-0.2, -0.15) is 0 Å². The SMILES string of the molecule is COc1ccc(/C=C/c2c(C(=O)NC(C)(C)C(=O)O)ccc3ccccc23)cc1. The Kier molecular flexibility index (Phi) is 5.69. The van der Waals surface area contributed by atoms with E-state index in [1.54, 1.807) is 13.2 Å². The summed E-state index contributed by atoms with van der Waals surface area (Å²) in [6.07, 6.45) is 3.80. The van der Waals surface area contributed by atoms with Crippen LogP contribution in [0.15, 0.2) is 60.7 Å². The molecule has 1 amide bonds. The molecule has 148 valence electrons. The topological polar surface area (TPSA) is 75.6 Å². The summed E-state index contributed by atoms with van der Waals surface area (Å²) in [5.74, 6) is -0.761. The number of carboxylic acids is 1. The van der Waals surface area contributed by atoms with Gasteiger partial charge in [0.05, 0.1) is 7.11 Å². The van der Waals surface area contributed by atoms with E-state index in [-0.39, 0.29) is 0 Å². The number of fused-ring (bicyclic) bond motifs is 1. The summed E-state index contributed by atoms with van der Waals surface area (Å²) in [6.45, 7) is 2.92. The monoisotopic (exact) mass is 389 g/mol. The minimum absolute atomic E-state index is 0.419. The molecule has 0 atom stereocenters. The maximum atomic E-state index is 12.9. The van der Waals surface area contributed by atoms with Gasteiger partial charge in [0.15, 0.2) is 0 Å². The standard InChI is InChI=1S/C24H23NO4/c1-24(2,23(27)28)25-22(26)21-15-11-17-6-4-5-7-19(17)20(21)14-10-16-8-12-18(29-3)13-9-16/h4-15H,1-3H3,(H,25,26)(H,27,28)/b14-10+. The quantitative estimate of drug-likeness (QED) is 0.604. The highest BCUT2D eigenvalue weighted by Crippen LogP contribution is 2.26. The molecule has 0 spiro atoms. The molecule has 0 heterocycles. The van der Waals surface area contributed by atoms with Crippen LogP contribution >= 0.6 is 0 Å². The Bertz CT molecular complexity index is 1080. The number of ether oxygens (including phenoxy) is 1. The Balaban J connectivity index is 2.05. The first kappa shape index (κ1) is 20.1. The molecule has 0 aliphatic heterocycles. The highest BCUT2D eigenvalue weighted by Gasteiger charge is 2.30. The average molecular weight is 389 g/mol. The number of nitrogens with one attached hydrogen (secondary N) is 1. The van der Waals surface area contributed by atoms with Crippen LogP contribution in [0.2, 0.25) is 0 Å². The van der Waals surface area contributed by atoms with Gasteiger partial charge in [-0.1, -0.05) is 54.6 Å². The van der Waals surface area contributed by atoms with Crippen molar-refractivity contribution < 1.29 is 19.4 Å². The zero-order valence-electron chi connectivity index (χ0n) is 16.6. The number of rotatable bonds is 6. The molecule has 0 saturated heterocycles. The molecule has 5 nitrogen and oxygen atoms in total. The number of carboxylic acid groups (broad SMARTS) is 1. The predicted octanol–water partition coefficient (Wildman–Crippen LogP) is 4.61. The van der Waals surface area contributed by atoms with Gasteiger partial charge in [0, 0.05) is 5.56 Å². The van der Waals surface area contributed by atoms with Gasteiger partial charge in [-0.15, -0.1) is 0 Å². The van der Waals surface area contributed by atoms with E-state index >= 15 is 0 Å².